The van der Waals surface area contributed by atoms with E-state index in [9.17, 15) is 22.8 Å². The molecule has 1 aliphatic heterocycles. The summed E-state index contributed by atoms with van der Waals surface area (Å²) in [5.74, 6) is -0.218. The summed E-state index contributed by atoms with van der Waals surface area (Å²) in [6.45, 7) is 2.52. The molecule has 1 saturated heterocycles. The summed E-state index contributed by atoms with van der Waals surface area (Å²) in [7, 11) is 0. The Hall–Kier alpha value is -2.25. The Balaban J connectivity index is 2.10. The number of alkyl halides is 3. The molecule has 0 spiro atoms. The first-order valence-electron chi connectivity index (χ1n) is 7.82. The molecule has 0 radical (unpaired) electrons. The maximum atomic E-state index is 12.4. The molecule has 0 aliphatic carbocycles. The van der Waals surface area contributed by atoms with Crippen LogP contribution >= 0.6 is 0 Å². The fraction of sp³-hybridized carbons (Fsp3) is 0.500. The zero-order chi connectivity index (χ0) is 17.7. The van der Waals surface area contributed by atoms with Gasteiger partial charge < -0.3 is 15.5 Å². The van der Waals surface area contributed by atoms with E-state index in [1.54, 1.807) is 31.2 Å². The molecule has 2 N–H and O–H groups in total. The van der Waals surface area contributed by atoms with Gasteiger partial charge in [-0.05, 0) is 24.5 Å². The van der Waals surface area contributed by atoms with Crippen LogP contribution in [-0.4, -0.2) is 42.1 Å². The standard InChI is InChI=1S/C16H20F3N3O2/c1-2-13-14(23)20-9-10-22(13)15(24)21-12-6-4-3-5-11(12)7-8-16(17,18)19/h3-6,13H,2,7-10H2,1H3,(H,20,23)(H,21,24)/t13-/m1/s1. The summed E-state index contributed by atoms with van der Waals surface area (Å²) >= 11 is 0. The number of urea groups is 1. The highest BCUT2D eigenvalue weighted by molar-refractivity contribution is 5.95. The van der Waals surface area contributed by atoms with Crippen LogP contribution in [-0.2, 0) is 11.2 Å². The summed E-state index contributed by atoms with van der Waals surface area (Å²) < 4.78 is 37.3. The van der Waals surface area contributed by atoms with Crippen LogP contribution in [0.3, 0.4) is 0 Å². The Bertz CT molecular complexity index is 604. The van der Waals surface area contributed by atoms with Gasteiger partial charge in [0.15, 0.2) is 0 Å². The minimum Gasteiger partial charge on any atom is -0.353 e. The number of halogens is 3. The number of hydrogen-bond acceptors (Lipinski definition) is 2. The number of rotatable bonds is 4. The number of carbonyl (C=O) groups excluding carboxylic acids is 2. The number of hydrogen-bond donors (Lipinski definition) is 2. The van der Waals surface area contributed by atoms with Crippen molar-refractivity contribution in [2.75, 3.05) is 18.4 Å². The van der Waals surface area contributed by atoms with E-state index in [4.69, 9.17) is 0 Å². The van der Waals surface area contributed by atoms with Crippen LogP contribution in [0.1, 0.15) is 25.3 Å². The van der Waals surface area contributed by atoms with E-state index in [0.29, 0.717) is 30.8 Å². The van der Waals surface area contributed by atoms with Crippen molar-refractivity contribution in [2.45, 2.75) is 38.4 Å². The summed E-state index contributed by atoms with van der Waals surface area (Å²) in [4.78, 5) is 25.7. The number of benzene rings is 1. The predicted octanol–water partition coefficient (Wildman–Crippen LogP) is 2.92. The Morgan fingerprint density at radius 1 is 1.38 bits per heavy atom. The number of nitrogens with zero attached hydrogens (tertiary/aromatic N) is 1. The lowest BCUT2D eigenvalue weighted by molar-refractivity contribution is -0.134. The zero-order valence-corrected chi connectivity index (χ0v) is 13.3. The zero-order valence-electron chi connectivity index (χ0n) is 13.3. The first-order valence-corrected chi connectivity index (χ1v) is 7.82. The molecular weight excluding hydrogens is 323 g/mol. The van der Waals surface area contributed by atoms with Crippen LogP contribution in [0.5, 0.6) is 0 Å². The number of amides is 3. The van der Waals surface area contributed by atoms with Crippen molar-refractivity contribution < 1.29 is 22.8 Å². The highest BCUT2D eigenvalue weighted by Gasteiger charge is 2.32. The molecule has 1 aromatic rings. The van der Waals surface area contributed by atoms with Crippen molar-refractivity contribution in [3.63, 3.8) is 0 Å². The lowest BCUT2D eigenvalue weighted by Gasteiger charge is -2.34. The van der Waals surface area contributed by atoms with Crippen molar-refractivity contribution in [1.82, 2.24) is 10.2 Å². The van der Waals surface area contributed by atoms with Gasteiger partial charge in [-0.3, -0.25) is 4.79 Å². The van der Waals surface area contributed by atoms with Crippen LogP contribution in [0, 0.1) is 0 Å². The number of piperazine rings is 1. The van der Waals surface area contributed by atoms with Crippen molar-refractivity contribution >= 4 is 17.6 Å². The molecular formula is C16H20F3N3O2. The second kappa shape index (κ2) is 7.55. The van der Waals surface area contributed by atoms with Gasteiger partial charge in [-0.2, -0.15) is 13.2 Å². The fourth-order valence-electron chi connectivity index (χ4n) is 2.69. The van der Waals surface area contributed by atoms with Gasteiger partial charge in [0, 0.05) is 25.2 Å². The fourth-order valence-corrected chi connectivity index (χ4v) is 2.69. The number of aryl methyl sites for hydroxylation is 1. The third kappa shape index (κ3) is 4.62. The average Bonchev–Trinajstić information content (AvgIpc) is 2.53. The monoisotopic (exact) mass is 343 g/mol. The number of anilines is 1. The SMILES string of the molecule is CC[C@@H]1C(=O)NCCN1C(=O)Nc1ccccc1CCC(F)(F)F. The second-order valence-corrected chi connectivity index (χ2v) is 5.61. The molecule has 1 heterocycles. The molecule has 24 heavy (non-hydrogen) atoms. The lowest BCUT2D eigenvalue weighted by atomic mass is 10.1. The van der Waals surface area contributed by atoms with Crippen molar-refractivity contribution in [2.24, 2.45) is 0 Å². The topological polar surface area (TPSA) is 61.4 Å². The number of carbonyl (C=O) groups is 2. The molecule has 0 aromatic heterocycles. The minimum absolute atomic E-state index is 0.211. The van der Waals surface area contributed by atoms with E-state index in [0.717, 1.165) is 0 Å². The summed E-state index contributed by atoms with van der Waals surface area (Å²) in [6.07, 6.45) is -4.95. The van der Waals surface area contributed by atoms with E-state index in [1.807, 2.05) is 0 Å². The third-order valence-electron chi connectivity index (χ3n) is 3.92. The van der Waals surface area contributed by atoms with Crippen molar-refractivity contribution in [1.29, 1.82) is 0 Å². The lowest BCUT2D eigenvalue weighted by Crippen LogP contribution is -2.57. The molecule has 8 heteroatoms. The van der Waals surface area contributed by atoms with E-state index in [-0.39, 0.29) is 12.3 Å². The maximum Gasteiger partial charge on any atom is 0.389 e. The molecule has 0 saturated carbocycles. The summed E-state index contributed by atoms with van der Waals surface area (Å²) in [5.41, 5.74) is 0.755. The molecule has 1 aliphatic rings. The first kappa shape index (κ1) is 18.1. The molecule has 5 nitrogen and oxygen atoms in total. The maximum absolute atomic E-state index is 12.4. The number of nitrogens with one attached hydrogen (secondary N) is 2. The Morgan fingerprint density at radius 3 is 2.75 bits per heavy atom. The van der Waals surface area contributed by atoms with Crippen LogP contribution in [0.25, 0.3) is 0 Å². The molecule has 1 atom stereocenters. The Kier molecular flexibility index (Phi) is 5.69. The van der Waals surface area contributed by atoms with Crippen LogP contribution in [0.15, 0.2) is 24.3 Å². The highest BCUT2D eigenvalue weighted by Crippen LogP contribution is 2.25. The van der Waals surface area contributed by atoms with E-state index < -0.39 is 24.7 Å². The van der Waals surface area contributed by atoms with E-state index in [1.165, 1.54) is 4.90 Å². The first-order chi connectivity index (χ1) is 11.3. The van der Waals surface area contributed by atoms with Gasteiger partial charge in [0.1, 0.15) is 6.04 Å². The van der Waals surface area contributed by atoms with Crippen LogP contribution in [0.2, 0.25) is 0 Å². The molecule has 0 unspecified atom stereocenters. The average molecular weight is 343 g/mol. The normalized spacial score (nSPS) is 18.2. The third-order valence-corrected chi connectivity index (χ3v) is 3.92. The van der Waals surface area contributed by atoms with Gasteiger partial charge in [-0.25, -0.2) is 4.79 Å². The smallest absolute Gasteiger partial charge is 0.353 e. The van der Waals surface area contributed by atoms with Gasteiger partial charge in [0.05, 0.1) is 0 Å². The predicted molar refractivity (Wildman–Crippen MR) is 83.6 cm³/mol. The van der Waals surface area contributed by atoms with Crippen molar-refractivity contribution in [3.8, 4) is 0 Å². The summed E-state index contributed by atoms with van der Waals surface area (Å²) in [6, 6.07) is 5.35. The van der Waals surface area contributed by atoms with Gasteiger partial charge in [0.2, 0.25) is 5.91 Å². The minimum atomic E-state index is -4.25. The van der Waals surface area contributed by atoms with Crippen LogP contribution in [0.4, 0.5) is 23.7 Å². The van der Waals surface area contributed by atoms with Gasteiger partial charge in [-0.1, -0.05) is 25.1 Å². The molecule has 1 aromatic carbocycles. The second-order valence-electron chi connectivity index (χ2n) is 5.61. The molecule has 0 bridgehead atoms. The van der Waals surface area contributed by atoms with Crippen molar-refractivity contribution in [3.05, 3.63) is 29.8 Å². The highest BCUT2D eigenvalue weighted by atomic mass is 19.4. The Labute approximate surface area is 138 Å². The van der Waals surface area contributed by atoms with E-state index >= 15 is 0 Å². The Morgan fingerprint density at radius 2 is 2.08 bits per heavy atom. The molecule has 132 valence electrons. The van der Waals surface area contributed by atoms with E-state index in [2.05, 4.69) is 10.6 Å². The summed E-state index contributed by atoms with van der Waals surface area (Å²) in [5, 5.41) is 5.34. The van der Waals surface area contributed by atoms with Gasteiger partial charge in [0.25, 0.3) is 0 Å². The quantitative estimate of drug-likeness (QED) is 0.883. The van der Waals surface area contributed by atoms with Gasteiger partial charge in [-0.15, -0.1) is 0 Å². The molecule has 3 amide bonds. The molecule has 2 rings (SSSR count). The van der Waals surface area contributed by atoms with Crippen LogP contribution < -0.4 is 10.6 Å². The van der Waals surface area contributed by atoms with Gasteiger partial charge >= 0.3 is 12.2 Å². The molecule has 1 fully saturated rings. The number of para-hydroxylation sites is 1. The largest absolute Gasteiger partial charge is 0.389 e.